The molecule has 1 unspecified atom stereocenters. The largest absolute Gasteiger partial charge is 0.310 e. The number of imidazole rings is 1. The molecule has 2 nitrogen and oxygen atoms in total. The smallest absolute Gasteiger partial charge is 0.129 e. The minimum absolute atomic E-state index is 0.0826. The van der Waals surface area contributed by atoms with Gasteiger partial charge in [0.05, 0.1) is 18.6 Å². The van der Waals surface area contributed by atoms with Gasteiger partial charge >= 0.3 is 0 Å². The molecule has 0 saturated heterocycles. The molecule has 0 radical (unpaired) electrons. The third kappa shape index (κ3) is 2.68. The number of aromatic nitrogens is 2. The van der Waals surface area contributed by atoms with Gasteiger partial charge in [0.15, 0.2) is 0 Å². The minimum atomic E-state index is 0.0826. The van der Waals surface area contributed by atoms with E-state index < -0.39 is 0 Å². The Bertz CT molecular complexity index is 808. The second-order valence-electron chi connectivity index (χ2n) is 6.13. The molecule has 116 valence electrons. The summed E-state index contributed by atoms with van der Waals surface area (Å²) in [5.41, 5.74) is 5.59. The highest BCUT2D eigenvalue weighted by Crippen LogP contribution is 2.35. The van der Waals surface area contributed by atoms with Gasteiger partial charge in [0.1, 0.15) is 5.15 Å². The first-order chi connectivity index (χ1) is 11.3. The van der Waals surface area contributed by atoms with Crippen LogP contribution in [0.15, 0.2) is 61.1 Å². The van der Waals surface area contributed by atoms with Gasteiger partial charge in [-0.1, -0.05) is 60.1 Å². The summed E-state index contributed by atoms with van der Waals surface area (Å²) in [6.45, 7) is 0. The summed E-state index contributed by atoms with van der Waals surface area (Å²) in [6, 6.07) is 17.3. The Labute approximate surface area is 141 Å². The molecule has 3 heteroatoms. The third-order valence-electron chi connectivity index (χ3n) is 4.74. The number of aryl methyl sites for hydroxylation is 1. The Morgan fingerprint density at radius 3 is 2.57 bits per heavy atom. The molecule has 0 spiro atoms. The molecule has 0 fully saturated rings. The van der Waals surface area contributed by atoms with Gasteiger partial charge < -0.3 is 4.57 Å². The highest BCUT2D eigenvalue weighted by atomic mass is 35.5. The highest BCUT2D eigenvalue weighted by Gasteiger charge is 2.23. The van der Waals surface area contributed by atoms with Crippen LogP contribution in [0.4, 0.5) is 0 Å². The Morgan fingerprint density at radius 2 is 1.78 bits per heavy atom. The second kappa shape index (κ2) is 6.21. The van der Waals surface area contributed by atoms with E-state index in [1.807, 2.05) is 6.33 Å². The monoisotopic (exact) mass is 322 g/mol. The predicted octanol–water partition coefficient (Wildman–Crippen LogP) is 5.05. The van der Waals surface area contributed by atoms with Gasteiger partial charge in [-0.15, -0.1) is 0 Å². The molecule has 1 aliphatic carbocycles. The van der Waals surface area contributed by atoms with Crippen LogP contribution in [0.3, 0.4) is 0 Å². The van der Waals surface area contributed by atoms with E-state index in [-0.39, 0.29) is 6.04 Å². The number of nitrogens with zero attached hydrogens (tertiary/aromatic N) is 2. The zero-order chi connectivity index (χ0) is 15.6. The first kappa shape index (κ1) is 14.5. The van der Waals surface area contributed by atoms with E-state index in [2.05, 4.69) is 58.1 Å². The first-order valence-electron chi connectivity index (χ1n) is 8.17. The Morgan fingerprint density at radius 1 is 0.957 bits per heavy atom. The van der Waals surface area contributed by atoms with Crippen molar-refractivity contribution in [2.45, 2.75) is 31.7 Å². The Balaban J connectivity index is 1.92. The van der Waals surface area contributed by atoms with Crippen molar-refractivity contribution in [2.24, 2.45) is 0 Å². The van der Waals surface area contributed by atoms with Gasteiger partial charge in [0.2, 0.25) is 0 Å². The first-order valence-corrected chi connectivity index (χ1v) is 8.55. The van der Waals surface area contributed by atoms with Crippen LogP contribution in [0.2, 0.25) is 5.15 Å². The van der Waals surface area contributed by atoms with Crippen molar-refractivity contribution in [1.29, 1.82) is 0 Å². The number of benzene rings is 2. The van der Waals surface area contributed by atoms with Crippen LogP contribution in [0.5, 0.6) is 0 Å². The molecule has 4 rings (SSSR count). The fourth-order valence-electron chi connectivity index (χ4n) is 3.67. The summed E-state index contributed by atoms with van der Waals surface area (Å²) in [7, 11) is 0. The van der Waals surface area contributed by atoms with E-state index in [1.54, 1.807) is 6.20 Å². The maximum atomic E-state index is 6.42. The topological polar surface area (TPSA) is 17.8 Å². The third-order valence-corrected chi connectivity index (χ3v) is 5.03. The summed E-state index contributed by atoms with van der Waals surface area (Å²) in [4.78, 5) is 4.24. The van der Waals surface area contributed by atoms with E-state index in [9.17, 15) is 0 Å². The van der Waals surface area contributed by atoms with Crippen molar-refractivity contribution in [1.82, 2.24) is 9.55 Å². The number of hydrogen-bond donors (Lipinski definition) is 0. The molecular weight excluding hydrogens is 304 g/mol. The van der Waals surface area contributed by atoms with Gasteiger partial charge in [-0.3, -0.25) is 0 Å². The Hall–Kier alpha value is -2.06. The lowest BCUT2D eigenvalue weighted by Gasteiger charge is -2.27. The SMILES string of the molecule is Clc1cncn1C(c1ccccc1)c1cccc2c1CCCC2. The van der Waals surface area contributed by atoms with Crippen molar-refractivity contribution in [2.75, 3.05) is 0 Å². The maximum absolute atomic E-state index is 6.42. The molecule has 0 amide bonds. The zero-order valence-electron chi connectivity index (χ0n) is 13.0. The minimum Gasteiger partial charge on any atom is -0.310 e. The molecule has 0 N–H and O–H groups in total. The predicted molar refractivity (Wildman–Crippen MR) is 94.0 cm³/mol. The van der Waals surface area contributed by atoms with Crippen molar-refractivity contribution >= 4 is 11.6 Å². The molecule has 3 aromatic rings. The number of fused-ring (bicyclic) bond motifs is 1. The fourth-order valence-corrected chi connectivity index (χ4v) is 3.87. The molecule has 0 saturated carbocycles. The van der Waals surface area contributed by atoms with Crippen molar-refractivity contribution < 1.29 is 0 Å². The average Bonchev–Trinajstić information content (AvgIpc) is 3.02. The van der Waals surface area contributed by atoms with Crippen LogP contribution in [-0.4, -0.2) is 9.55 Å². The summed E-state index contributed by atoms with van der Waals surface area (Å²) >= 11 is 6.42. The summed E-state index contributed by atoms with van der Waals surface area (Å²) < 4.78 is 2.07. The molecule has 1 atom stereocenters. The van der Waals surface area contributed by atoms with Gasteiger partial charge in [0, 0.05) is 0 Å². The van der Waals surface area contributed by atoms with Crippen molar-refractivity contribution in [3.63, 3.8) is 0 Å². The van der Waals surface area contributed by atoms with Gasteiger partial charge in [0.25, 0.3) is 0 Å². The molecule has 2 aromatic carbocycles. The van der Waals surface area contributed by atoms with E-state index >= 15 is 0 Å². The van der Waals surface area contributed by atoms with Crippen LogP contribution in [0, 0.1) is 0 Å². The Kier molecular flexibility index (Phi) is 3.92. The number of hydrogen-bond acceptors (Lipinski definition) is 1. The van der Waals surface area contributed by atoms with Gasteiger partial charge in [-0.25, -0.2) is 4.98 Å². The van der Waals surface area contributed by atoms with E-state index in [4.69, 9.17) is 11.6 Å². The van der Waals surface area contributed by atoms with Crippen LogP contribution in [0.25, 0.3) is 0 Å². The summed E-state index contributed by atoms with van der Waals surface area (Å²) in [6.07, 6.45) is 8.44. The normalized spacial score (nSPS) is 15.2. The average molecular weight is 323 g/mol. The second-order valence-corrected chi connectivity index (χ2v) is 6.52. The number of rotatable bonds is 3. The molecule has 1 aliphatic rings. The number of halogens is 1. The highest BCUT2D eigenvalue weighted by molar-refractivity contribution is 6.29. The molecule has 0 aliphatic heterocycles. The lowest BCUT2D eigenvalue weighted by Crippen LogP contribution is -2.16. The molecule has 1 aromatic heterocycles. The maximum Gasteiger partial charge on any atom is 0.129 e. The van der Waals surface area contributed by atoms with E-state index in [1.165, 1.54) is 41.5 Å². The van der Waals surface area contributed by atoms with Crippen molar-refractivity contribution in [3.05, 3.63) is 88.5 Å². The summed E-state index contributed by atoms with van der Waals surface area (Å²) in [5.74, 6) is 0. The molecule has 0 bridgehead atoms. The molecule has 23 heavy (non-hydrogen) atoms. The summed E-state index contributed by atoms with van der Waals surface area (Å²) in [5, 5.41) is 0.673. The van der Waals surface area contributed by atoms with Crippen LogP contribution >= 0.6 is 11.6 Å². The standard InChI is InChI=1S/C20H19ClN2/c21-19-13-22-14-23(19)20(16-8-2-1-3-9-16)18-12-6-10-15-7-4-5-11-17(15)18/h1-3,6,8-10,12-14,20H,4-5,7,11H2. The van der Waals surface area contributed by atoms with Crippen LogP contribution in [0.1, 0.15) is 41.1 Å². The molecular formula is C20H19ClN2. The van der Waals surface area contributed by atoms with Crippen LogP contribution < -0.4 is 0 Å². The van der Waals surface area contributed by atoms with Crippen LogP contribution in [-0.2, 0) is 12.8 Å². The van der Waals surface area contributed by atoms with Gasteiger partial charge in [-0.05, 0) is 47.9 Å². The van der Waals surface area contributed by atoms with Gasteiger partial charge in [-0.2, -0.15) is 0 Å². The lowest BCUT2D eigenvalue weighted by atomic mass is 9.84. The molecule has 1 heterocycles. The quantitative estimate of drug-likeness (QED) is 0.659. The van der Waals surface area contributed by atoms with E-state index in [0.717, 1.165) is 6.42 Å². The fraction of sp³-hybridized carbons (Fsp3) is 0.250. The van der Waals surface area contributed by atoms with E-state index in [0.29, 0.717) is 5.15 Å². The van der Waals surface area contributed by atoms with Crippen molar-refractivity contribution in [3.8, 4) is 0 Å². The zero-order valence-corrected chi connectivity index (χ0v) is 13.7. The lowest BCUT2D eigenvalue weighted by molar-refractivity contribution is 0.635.